The van der Waals surface area contributed by atoms with Gasteiger partial charge in [0.05, 0.1) is 0 Å². The first kappa shape index (κ1) is 12.2. The van der Waals surface area contributed by atoms with Gasteiger partial charge in [-0.3, -0.25) is 0 Å². The molecule has 1 aliphatic carbocycles. The molecular formula is C12H18N4S. The Hall–Kier alpha value is -1.23. The Morgan fingerprint density at radius 3 is 2.65 bits per heavy atom. The minimum absolute atomic E-state index is 0.316. The first-order chi connectivity index (χ1) is 8.25. The summed E-state index contributed by atoms with van der Waals surface area (Å²) in [6, 6.07) is 2.22. The summed E-state index contributed by atoms with van der Waals surface area (Å²) in [6.45, 7) is 0. The second kappa shape index (κ2) is 5.91. The molecule has 0 radical (unpaired) electrons. The van der Waals surface area contributed by atoms with E-state index in [0.29, 0.717) is 22.7 Å². The van der Waals surface area contributed by atoms with Crippen LogP contribution < -0.4 is 11.1 Å². The summed E-state index contributed by atoms with van der Waals surface area (Å²) in [5, 5.41) is 3.38. The molecule has 0 spiro atoms. The summed E-state index contributed by atoms with van der Waals surface area (Å²) in [7, 11) is 0. The van der Waals surface area contributed by atoms with Crippen LogP contribution in [0.25, 0.3) is 0 Å². The van der Waals surface area contributed by atoms with Gasteiger partial charge in [0.2, 0.25) is 5.95 Å². The molecule has 17 heavy (non-hydrogen) atoms. The monoisotopic (exact) mass is 250 g/mol. The lowest BCUT2D eigenvalue weighted by Gasteiger charge is -2.16. The number of nitrogens with one attached hydrogen (secondary N) is 1. The Morgan fingerprint density at radius 1 is 1.29 bits per heavy atom. The number of aromatic nitrogens is 2. The van der Waals surface area contributed by atoms with Gasteiger partial charge in [-0.1, -0.05) is 37.9 Å². The SMILES string of the molecule is NC(=S)c1ccnc(NC2CCCCCC2)n1. The average Bonchev–Trinajstić information content (AvgIpc) is 2.58. The van der Waals surface area contributed by atoms with Gasteiger partial charge < -0.3 is 11.1 Å². The molecule has 0 saturated heterocycles. The fourth-order valence-electron chi connectivity index (χ4n) is 2.17. The van der Waals surface area contributed by atoms with E-state index in [2.05, 4.69) is 15.3 Å². The zero-order valence-corrected chi connectivity index (χ0v) is 10.7. The molecule has 1 aromatic rings. The highest BCUT2D eigenvalue weighted by Crippen LogP contribution is 2.19. The molecular weight excluding hydrogens is 232 g/mol. The number of nitrogens with zero attached hydrogens (tertiary/aromatic N) is 2. The standard InChI is InChI=1S/C12H18N4S/c13-11(17)10-7-8-14-12(16-10)15-9-5-3-1-2-4-6-9/h7-9H,1-6H2,(H2,13,17)(H,14,15,16). The maximum atomic E-state index is 5.55. The van der Waals surface area contributed by atoms with Gasteiger partial charge in [0, 0.05) is 12.2 Å². The van der Waals surface area contributed by atoms with Crippen molar-refractivity contribution < 1.29 is 0 Å². The van der Waals surface area contributed by atoms with Crippen LogP contribution in [0.4, 0.5) is 5.95 Å². The highest BCUT2D eigenvalue weighted by atomic mass is 32.1. The smallest absolute Gasteiger partial charge is 0.223 e. The van der Waals surface area contributed by atoms with Gasteiger partial charge in [0.1, 0.15) is 10.7 Å². The molecule has 0 aliphatic heterocycles. The Morgan fingerprint density at radius 2 is 2.00 bits per heavy atom. The summed E-state index contributed by atoms with van der Waals surface area (Å²) in [5.74, 6) is 0.641. The van der Waals surface area contributed by atoms with E-state index >= 15 is 0 Å². The third-order valence-corrected chi connectivity index (χ3v) is 3.31. The minimum Gasteiger partial charge on any atom is -0.388 e. The zero-order chi connectivity index (χ0) is 12.1. The van der Waals surface area contributed by atoms with Crippen LogP contribution in [0.5, 0.6) is 0 Å². The normalized spacial score (nSPS) is 17.4. The topological polar surface area (TPSA) is 63.8 Å². The van der Waals surface area contributed by atoms with Crippen LogP contribution in [0.1, 0.15) is 44.2 Å². The van der Waals surface area contributed by atoms with Gasteiger partial charge in [-0.2, -0.15) is 0 Å². The number of hydrogen-bond donors (Lipinski definition) is 2. The van der Waals surface area contributed by atoms with Crippen LogP contribution in [-0.2, 0) is 0 Å². The fourth-order valence-corrected chi connectivity index (χ4v) is 2.29. The second-order valence-electron chi connectivity index (χ2n) is 4.46. The van der Waals surface area contributed by atoms with Crippen LogP contribution in [0.3, 0.4) is 0 Å². The third-order valence-electron chi connectivity index (χ3n) is 3.10. The molecule has 1 aliphatic rings. The van der Waals surface area contributed by atoms with Crippen molar-refractivity contribution in [3.05, 3.63) is 18.0 Å². The third kappa shape index (κ3) is 3.63. The number of hydrogen-bond acceptors (Lipinski definition) is 4. The minimum atomic E-state index is 0.316. The van der Waals surface area contributed by atoms with Gasteiger partial charge in [0.15, 0.2) is 0 Å². The van der Waals surface area contributed by atoms with E-state index in [0.717, 1.165) is 0 Å². The predicted molar refractivity (Wildman–Crippen MR) is 73.0 cm³/mol. The van der Waals surface area contributed by atoms with E-state index in [4.69, 9.17) is 18.0 Å². The molecule has 92 valence electrons. The molecule has 0 aromatic carbocycles. The van der Waals surface area contributed by atoms with Crippen molar-refractivity contribution >= 4 is 23.2 Å². The van der Waals surface area contributed by atoms with Crippen LogP contribution in [0.2, 0.25) is 0 Å². The van der Waals surface area contributed by atoms with Crippen LogP contribution in [-0.4, -0.2) is 21.0 Å². The zero-order valence-electron chi connectivity index (χ0n) is 9.85. The lowest BCUT2D eigenvalue weighted by molar-refractivity contribution is 0.614. The van der Waals surface area contributed by atoms with E-state index in [1.165, 1.54) is 38.5 Å². The van der Waals surface area contributed by atoms with Crippen molar-refractivity contribution in [3.8, 4) is 0 Å². The van der Waals surface area contributed by atoms with Crippen molar-refractivity contribution in [1.82, 2.24) is 9.97 Å². The van der Waals surface area contributed by atoms with Crippen molar-refractivity contribution in [2.24, 2.45) is 5.73 Å². The molecule has 4 nitrogen and oxygen atoms in total. The second-order valence-corrected chi connectivity index (χ2v) is 4.90. The van der Waals surface area contributed by atoms with Crippen molar-refractivity contribution in [2.75, 3.05) is 5.32 Å². The fraction of sp³-hybridized carbons (Fsp3) is 0.583. The predicted octanol–water partition coefficient (Wildman–Crippen LogP) is 2.25. The van der Waals surface area contributed by atoms with Gasteiger partial charge in [-0.05, 0) is 18.9 Å². The Bertz CT molecular complexity index is 386. The number of anilines is 1. The summed E-state index contributed by atoms with van der Waals surface area (Å²) in [6.07, 6.45) is 9.33. The van der Waals surface area contributed by atoms with Crippen LogP contribution in [0, 0.1) is 0 Å². The molecule has 0 amide bonds. The quantitative estimate of drug-likeness (QED) is 0.636. The van der Waals surface area contributed by atoms with Crippen LogP contribution in [0.15, 0.2) is 12.3 Å². The molecule has 1 heterocycles. The van der Waals surface area contributed by atoms with E-state index in [9.17, 15) is 0 Å². The maximum absolute atomic E-state index is 5.55. The first-order valence-corrected chi connectivity index (χ1v) is 6.56. The lowest BCUT2D eigenvalue weighted by Crippen LogP contribution is -2.21. The highest BCUT2D eigenvalue weighted by Gasteiger charge is 2.13. The Labute approximate surface area is 107 Å². The lowest BCUT2D eigenvalue weighted by atomic mass is 10.1. The summed E-state index contributed by atoms with van der Waals surface area (Å²) < 4.78 is 0. The molecule has 1 fully saturated rings. The highest BCUT2D eigenvalue weighted by molar-refractivity contribution is 7.80. The summed E-state index contributed by atoms with van der Waals surface area (Å²) in [5.41, 5.74) is 6.18. The summed E-state index contributed by atoms with van der Waals surface area (Å²) in [4.78, 5) is 8.83. The average molecular weight is 250 g/mol. The molecule has 3 N–H and O–H groups in total. The van der Waals surface area contributed by atoms with Gasteiger partial charge >= 0.3 is 0 Å². The molecule has 1 aromatic heterocycles. The van der Waals surface area contributed by atoms with Crippen molar-refractivity contribution in [1.29, 1.82) is 0 Å². The maximum Gasteiger partial charge on any atom is 0.223 e. The molecule has 2 rings (SSSR count). The summed E-state index contributed by atoms with van der Waals surface area (Å²) >= 11 is 4.91. The Balaban J connectivity index is 2.01. The largest absolute Gasteiger partial charge is 0.388 e. The van der Waals surface area contributed by atoms with E-state index in [-0.39, 0.29) is 0 Å². The molecule has 0 unspecified atom stereocenters. The van der Waals surface area contributed by atoms with E-state index in [1.54, 1.807) is 12.3 Å². The number of thiocarbonyl (C=S) groups is 1. The molecule has 0 atom stereocenters. The van der Waals surface area contributed by atoms with Crippen LogP contribution >= 0.6 is 12.2 Å². The Kier molecular flexibility index (Phi) is 4.25. The van der Waals surface area contributed by atoms with E-state index in [1.807, 2.05) is 0 Å². The first-order valence-electron chi connectivity index (χ1n) is 6.15. The number of nitrogens with two attached hydrogens (primary N) is 1. The number of rotatable bonds is 3. The molecule has 0 bridgehead atoms. The van der Waals surface area contributed by atoms with Crippen molar-refractivity contribution in [2.45, 2.75) is 44.6 Å². The molecule has 5 heteroatoms. The molecule has 1 saturated carbocycles. The van der Waals surface area contributed by atoms with E-state index < -0.39 is 0 Å². The van der Waals surface area contributed by atoms with Gasteiger partial charge in [0.25, 0.3) is 0 Å². The van der Waals surface area contributed by atoms with Gasteiger partial charge in [-0.15, -0.1) is 0 Å². The van der Waals surface area contributed by atoms with Gasteiger partial charge in [-0.25, -0.2) is 9.97 Å². The van der Waals surface area contributed by atoms with Crippen molar-refractivity contribution in [3.63, 3.8) is 0 Å².